The van der Waals surface area contributed by atoms with Gasteiger partial charge >= 0.3 is 0 Å². The first-order chi connectivity index (χ1) is 9.76. The second-order valence-electron chi connectivity index (χ2n) is 4.51. The van der Waals surface area contributed by atoms with Crippen LogP contribution in [0.1, 0.15) is 19.4 Å². The topological polar surface area (TPSA) is 79.6 Å². The van der Waals surface area contributed by atoms with Gasteiger partial charge in [0.15, 0.2) is 5.65 Å². The van der Waals surface area contributed by atoms with Crippen LogP contribution in [-0.2, 0) is 0 Å². The fourth-order valence-electron chi connectivity index (χ4n) is 2.32. The van der Waals surface area contributed by atoms with Crippen molar-refractivity contribution < 1.29 is 5.11 Å². The maximum absolute atomic E-state index is 9.52. The van der Waals surface area contributed by atoms with Gasteiger partial charge in [-0.1, -0.05) is 18.5 Å². The molecule has 104 valence electrons. The van der Waals surface area contributed by atoms with Crippen molar-refractivity contribution in [3.8, 4) is 11.3 Å². The predicted molar refractivity (Wildman–Crippen MR) is 76.5 cm³/mol. The van der Waals surface area contributed by atoms with E-state index in [0.29, 0.717) is 10.7 Å². The molecule has 0 spiro atoms. The van der Waals surface area contributed by atoms with Gasteiger partial charge in [0.05, 0.1) is 35.2 Å². The number of fused-ring (bicyclic) bond motifs is 1. The zero-order chi connectivity index (χ0) is 14.1. The minimum Gasteiger partial charge on any atom is -0.394 e. The molecule has 0 saturated carbocycles. The highest BCUT2D eigenvalue weighted by atomic mass is 35.5. The lowest BCUT2D eigenvalue weighted by atomic mass is 10.1. The molecule has 0 saturated heterocycles. The van der Waals surface area contributed by atoms with Crippen LogP contribution in [0.15, 0.2) is 24.8 Å². The summed E-state index contributed by atoms with van der Waals surface area (Å²) in [6.45, 7) is 2.05. The molecule has 2 N–H and O–H groups in total. The molecule has 0 aliphatic carbocycles. The van der Waals surface area contributed by atoms with E-state index in [-0.39, 0.29) is 12.6 Å². The lowest BCUT2D eigenvalue weighted by Gasteiger charge is -2.16. The van der Waals surface area contributed by atoms with Crippen molar-refractivity contribution in [2.24, 2.45) is 0 Å². The predicted octanol–water partition coefficient (Wildman–Crippen LogP) is 2.42. The summed E-state index contributed by atoms with van der Waals surface area (Å²) >= 11 is 6.29. The van der Waals surface area contributed by atoms with Gasteiger partial charge in [-0.15, -0.1) is 0 Å². The van der Waals surface area contributed by atoms with E-state index < -0.39 is 0 Å². The zero-order valence-electron chi connectivity index (χ0n) is 10.9. The van der Waals surface area contributed by atoms with Gasteiger partial charge < -0.3 is 9.67 Å². The highest BCUT2D eigenvalue weighted by Gasteiger charge is 2.19. The number of hydrogen-bond donors (Lipinski definition) is 2. The van der Waals surface area contributed by atoms with Gasteiger partial charge in [-0.3, -0.25) is 5.10 Å². The Bertz CT molecular complexity index is 718. The second-order valence-corrected chi connectivity index (χ2v) is 4.92. The smallest absolute Gasteiger partial charge is 0.178 e. The van der Waals surface area contributed by atoms with E-state index in [1.807, 2.05) is 17.6 Å². The average molecular weight is 292 g/mol. The van der Waals surface area contributed by atoms with Crippen LogP contribution in [0.2, 0.25) is 5.02 Å². The SMILES string of the molecule is CC[C@@H](CO)n1cnc2ncc(Cl)c(-c3cc[nH]n3)c21. The van der Waals surface area contributed by atoms with Crippen LogP contribution in [0.25, 0.3) is 22.4 Å². The third-order valence-electron chi connectivity index (χ3n) is 3.38. The molecule has 0 fully saturated rings. The van der Waals surface area contributed by atoms with E-state index >= 15 is 0 Å². The third kappa shape index (κ3) is 1.97. The average Bonchev–Trinajstić information content (AvgIpc) is 3.10. The maximum Gasteiger partial charge on any atom is 0.178 e. The van der Waals surface area contributed by atoms with Crippen LogP contribution >= 0.6 is 11.6 Å². The molecule has 0 aliphatic heterocycles. The first kappa shape index (κ1) is 13.1. The maximum atomic E-state index is 9.52. The molecule has 0 unspecified atom stereocenters. The number of aliphatic hydroxyl groups excluding tert-OH is 1. The Morgan fingerprint density at radius 2 is 2.30 bits per heavy atom. The van der Waals surface area contributed by atoms with E-state index in [2.05, 4.69) is 20.2 Å². The van der Waals surface area contributed by atoms with Gasteiger partial charge in [0.2, 0.25) is 0 Å². The molecule has 0 radical (unpaired) electrons. The summed E-state index contributed by atoms with van der Waals surface area (Å²) in [6.07, 6.45) is 5.79. The Balaban J connectivity index is 2.32. The highest BCUT2D eigenvalue weighted by Crippen LogP contribution is 2.34. The minimum absolute atomic E-state index is 0.0362. The minimum atomic E-state index is -0.0574. The number of pyridine rings is 1. The summed E-state index contributed by atoms with van der Waals surface area (Å²) in [6, 6.07) is 1.79. The van der Waals surface area contributed by atoms with Crippen LogP contribution in [0.4, 0.5) is 0 Å². The Morgan fingerprint density at radius 3 is 2.95 bits per heavy atom. The Kier molecular flexibility index (Phi) is 3.42. The van der Waals surface area contributed by atoms with Gasteiger partial charge in [0.25, 0.3) is 0 Å². The van der Waals surface area contributed by atoms with E-state index in [1.54, 1.807) is 18.7 Å². The number of nitrogens with one attached hydrogen (secondary N) is 1. The Morgan fingerprint density at radius 1 is 1.45 bits per heavy atom. The number of H-pyrrole nitrogens is 1. The van der Waals surface area contributed by atoms with Crippen molar-refractivity contribution in [1.29, 1.82) is 0 Å². The largest absolute Gasteiger partial charge is 0.394 e. The molecule has 3 rings (SSSR count). The molecule has 0 amide bonds. The van der Waals surface area contributed by atoms with E-state index in [0.717, 1.165) is 23.2 Å². The number of hydrogen-bond acceptors (Lipinski definition) is 4. The fraction of sp³-hybridized carbons (Fsp3) is 0.308. The van der Waals surface area contributed by atoms with E-state index in [1.165, 1.54) is 0 Å². The standard InChI is InChI=1S/C13H14ClN5O/c1-2-8(6-20)19-7-16-13-12(19)11(9(14)5-15-13)10-3-4-17-18-10/h3-5,7-8,20H,2,6H2,1H3,(H,17,18)/t8-/m0/s1. The summed E-state index contributed by atoms with van der Waals surface area (Å²) in [5.41, 5.74) is 2.91. The van der Waals surface area contributed by atoms with Gasteiger partial charge in [0.1, 0.15) is 0 Å². The van der Waals surface area contributed by atoms with Gasteiger partial charge in [-0.25, -0.2) is 9.97 Å². The van der Waals surface area contributed by atoms with Crippen molar-refractivity contribution in [2.45, 2.75) is 19.4 Å². The molecular weight excluding hydrogens is 278 g/mol. The normalized spacial score (nSPS) is 12.9. The first-order valence-corrected chi connectivity index (χ1v) is 6.76. The lowest BCUT2D eigenvalue weighted by Crippen LogP contribution is -2.11. The Hall–Kier alpha value is -1.92. The lowest BCUT2D eigenvalue weighted by molar-refractivity contribution is 0.227. The van der Waals surface area contributed by atoms with Crippen molar-refractivity contribution in [2.75, 3.05) is 6.61 Å². The summed E-state index contributed by atoms with van der Waals surface area (Å²) in [5, 5.41) is 17.0. The molecular formula is C13H14ClN5O. The summed E-state index contributed by atoms with van der Waals surface area (Å²) < 4.78 is 1.91. The van der Waals surface area contributed by atoms with Crippen molar-refractivity contribution in [3.05, 3.63) is 29.8 Å². The molecule has 3 heterocycles. The molecule has 6 nitrogen and oxygen atoms in total. The van der Waals surface area contributed by atoms with Crippen LogP contribution in [0, 0.1) is 0 Å². The van der Waals surface area contributed by atoms with Gasteiger partial charge in [0, 0.05) is 18.0 Å². The van der Waals surface area contributed by atoms with Gasteiger partial charge in [-0.05, 0) is 12.5 Å². The van der Waals surface area contributed by atoms with Gasteiger partial charge in [-0.2, -0.15) is 5.10 Å². The highest BCUT2D eigenvalue weighted by molar-refractivity contribution is 6.34. The zero-order valence-corrected chi connectivity index (χ0v) is 11.7. The van der Waals surface area contributed by atoms with Crippen molar-refractivity contribution in [1.82, 2.24) is 24.7 Å². The molecule has 3 aromatic heterocycles. The number of aliphatic hydroxyl groups is 1. The molecule has 0 bridgehead atoms. The third-order valence-corrected chi connectivity index (χ3v) is 3.67. The number of nitrogens with zero attached hydrogens (tertiary/aromatic N) is 4. The molecule has 1 atom stereocenters. The quantitative estimate of drug-likeness (QED) is 0.773. The summed E-state index contributed by atoms with van der Waals surface area (Å²) in [4.78, 5) is 8.53. The van der Waals surface area contributed by atoms with Crippen LogP contribution in [-0.4, -0.2) is 36.4 Å². The van der Waals surface area contributed by atoms with E-state index in [4.69, 9.17) is 11.6 Å². The number of aromatic amines is 1. The van der Waals surface area contributed by atoms with Crippen LogP contribution in [0.5, 0.6) is 0 Å². The van der Waals surface area contributed by atoms with Crippen molar-refractivity contribution in [3.63, 3.8) is 0 Å². The monoisotopic (exact) mass is 291 g/mol. The molecule has 7 heteroatoms. The van der Waals surface area contributed by atoms with Crippen molar-refractivity contribution >= 4 is 22.8 Å². The Labute approximate surface area is 120 Å². The molecule has 20 heavy (non-hydrogen) atoms. The first-order valence-electron chi connectivity index (χ1n) is 6.38. The van der Waals surface area contributed by atoms with E-state index in [9.17, 15) is 5.11 Å². The molecule has 0 aliphatic rings. The number of imidazole rings is 1. The summed E-state index contributed by atoms with van der Waals surface area (Å²) in [5.74, 6) is 0. The number of rotatable bonds is 4. The van der Waals surface area contributed by atoms with Crippen LogP contribution in [0.3, 0.4) is 0 Å². The fourth-order valence-corrected chi connectivity index (χ4v) is 2.55. The second kappa shape index (κ2) is 5.22. The summed E-state index contributed by atoms with van der Waals surface area (Å²) in [7, 11) is 0. The molecule has 3 aromatic rings. The van der Waals surface area contributed by atoms with Crippen LogP contribution < -0.4 is 0 Å². The number of aromatic nitrogens is 5. The molecule has 0 aromatic carbocycles. The number of halogens is 1.